The van der Waals surface area contributed by atoms with Crippen LogP contribution in [0.2, 0.25) is 0 Å². The summed E-state index contributed by atoms with van der Waals surface area (Å²) >= 11 is 3.27. The van der Waals surface area contributed by atoms with E-state index in [0.717, 1.165) is 37.6 Å². The van der Waals surface area contributed by atoms with Crippen LogP contribution in [0, 0.1) is 0 Å². The van der Waals surface area contributed by atoms with Gasteiger partial charge in [-0.15, -0.1) is 0 Å². The first-order valence-electron chi connectivity index (χ1n) is 7.16. The van der Waals surface area contributed by atoms with Crippen LogP contribution in [0.4, 0.5) is 0 Å². The third kappa shape index (κ3) is 21.9. The number of hydrogen-bond donors (Lipinski definition) is 2. The van der Waals surface area contributed by atoms with E-state index in [2.05, 4.69) is 10.6 Å². The Hall–Kier alpha value is -0.440. The molecule has 0 aliphatic heterocycles. The Kier molecular flexibility index (Phi) is 22.3. The van der Waals surface area contributed by atoms with Crippen molar-refractivity contribution in [2.45, 2.75) is 12.8 Å². The Labute approximate surface area is 142 Å². The lowest BCUT2D eigenvalue weighted by Gasteiger charge is -1.99. The summed E-state index contributed by atoms with van der Waals surface area (Å²) in [7, 11) is 6.67. The zero-order chi connectivity index (χ0) is 17.1. The summed E-state index contributed by atoms with van der Waals surface area (Å²) in [6.07, 6.45) is 2.02. The van der Waals surface area contributed by atoms with Crippen molar-refractivity contribution in [1.82, 2.24) is 10.6 Å². The minimum absolute atomic E-state index is 0.0902. The first-order chi connectivity index (χ1) is 10.6. The van der Waals surface area contributed by atoms with Gasteiger partial charge < -0.3 is 20.1 Å². The zero-order valence-corrected chi connectivity index (χ0v) is 15.7. The predicted octanol–water partition coefficient (Wildman–Crippen LogP) is 1.00. The largest absolute Gasteiger partial charge is 0.385 e. The number of carbonyl (C=O) groups excluding carboxylic acids is 2. The second-order valence-electron chi connectivity index (χ2n) is 4.14. The van der Waals surface area contributed by atoms with Gasteiger partial charge in [0.2, 0.25) is 11.8 Å². The number of hydrogen-bond acceptors (Lipinski definition) is 6. The molecule has 132 valence electrons. The first kappa shape index (κ1) is 23.8. The van der Waals surface area contributed by atoms with Crippen molar-refractivity contribution in [2.24, 2.45) is 0 Å². The molecule has 8 heteroatoms. The molecule has 0 saturated carbocycles. The van der Waals surface area contributed by atoms with E-state index in [1.807, 2.05) is 0 Å². The van der Waals surface area contributed by atoms with Crippen LogP contribution in [-0.4, -0.2) is 76.4 Å². The summed E-state index contributed by atoms with van der Waals surface area (Å²) in [4.78, 5) is 21.4. The molecule has 0 unspecified atom stereocenters. The Morgan fingerprint density at radius 2 is 1.18 bits per heavy atom. The molecule has 0 heterocycles. The number of carbonyl (C=O) groups is 2. The van der Waals surface area contributed by atoms with E-state index in [9.17, 15) is 9.59 Å². The minimum Gasteiger partial charge on any atom is -0.385 e. The summed E-state index contributed by atoms with van der Waals surface area (Å²) in [5.74, 6) is 3.27. The van der Waals surface area contributed by atoms with Gasteiger partial charge in [0.15, 0.2) is 0 Å². The highest BCUT2D eigenvalue weighted by Gasteiger charge is 1.97. The third-order valence-electron chi connectivity index (χ3n) is 2.30. The lowest BCUT2D eigenvalue weighted by atomic mass is 10.5. The Balaban J connectivity index is 0. The molecule has 0 aromatic rings. The van der Waals surface area contributed by atoms with E-state index in [1.54, 1.807) is 51.8 Å². The van der Waals surface area contributed by atoms with Crippen molar-refractivity contribution in [3.05, 3.63) is 0 Å². The molecule has 0 spiro atoms. The second kappa shape index (κ2) is 20.6. The number of methoxy groups -OCH3 is 2. The topological polar surface area (TPSA) is 76.7 Å². The molecular formula is C14H30N2O4S2. The molecule has 0 aromatic heterocycles. The zero-order valence-electron chi connectivity index (χ0n) is 14.1. The molecule has 22 heavy (non-hydrogen) atoms. The van der Waals surface area contributed by atoms with Crippen molar-refractivity contribution in [3.63, 3.8) is 0 Å². The number of nitrogens with one attached hydrogen (secondary N) is 2. The molecule has 0 aliphatic carbocycles. The van der Waals surface area contributed by atoms with Crippen molar-refractivity contribution >= 4 is 35.3 Å². The SMILES string of the molecule is CNC(=O)CSCCCOC.CNC(=O)CSCCCOC. The van der Waals surface area contributed by atoms with E-state index in [0.29, 0.717) is 11.5 Å². The lowest BCUT2D eigenvalue weighted by molar-refractivity contribution is -0.118. The van der Waals surface area contributed by atoms with Gasteiger partial charge >= 0.3 is 0 Å². The molecular weight excluding hydrogens is 324 g/mol. The maximum atomic E-state index is 10.7. The van der Waals surface area contributed by atoms with Crippen molar-refractivity contribution in [2.75, 3.05) is 64.5 Å². The van der Waals surface area contributed by atoms with Crippen LogP contribution < -0.4 is 10.6 Å². The van der Waals surface area contributed by atoms with Gasteiger partial charge in [0.05, 0.1) is 11.5 Å². The molecule has 6 nitrogen and oxygen atoms in total. The molecule has 0 radical (unpaired) electrons. The number of rotatable bonds is 12. The average Bonchev–Trinajstić information content (AvgIpc) is 2.54. The molecule has 2 N–H and O–H groups in total. The predicted molar refractivity (Wildman–Crippen MR) is 95.8 cm³/mol. The smallest absolute Gasteiger partial charge is 0.229 e. The third-order valence-corrected chi connectivity index (χ3v) is 4.39. The summed E-state index contributed by atoms with van der Waals surface area (Å²) in [6.45, 7) is 1.56. The number of ether oxygens (including phenoxy) is 2. The van der Waals surface area contributed by atoms with Crippen LogP contribution in [0.1, 0.15) is 12.8 Å². The fraction of sp³-hybridized carbons (Fsp3) is 0.857. The van der Waals surface area contributed by atoms with Gasteiger partial charge in [-0.3, -0.25) is 9.59 Å². The number of amides is 2. The van der Waals surface area contributed by atoms with E-state index in [1.165, 1.54) is 0 Å². The first-order valence-corrected chi connectivity index (χ1v) is 9.47. The monoisotopic (exact) mass is 354 g/mol. The van der Waals surface area contributed by atoms with Crippen LogP contribution >= 0.6 is 23.5 Å². The molecule has 0 aliphatic rings. The Morgan fingerprint density at radius 3 is 1.45 bits per heavy atom. The van der Waals surface area contributed by atoms with Crippen molar-refractivity contribution in [3.8, 4) is 0 Å². The van der Waals surface area contributed by atoms with Crippen LogP contribution in [0.5, 0.6) is 0 Å². The average molecular weight is 355 g/mol. The summed E-state index contributed by atoms with van der Waals surface area (Å²) in [6, 6.07) is 0. The van der Waals surface area contributed by atoms with Crippen LogP contribution in [0.25, 0.3) is 0 Å². The number of thioether (sulfide) groups is 2. The summed E-state index contributed by atoms with van der Waals surface area (Å²) < 4.78 is 9.72. The molecule has 0 saturated heterocycles. The van der Waals surface area contributed by atoms with Crippen molar-refractivity contribution in [1.29, 1.82) is 0 Å². The lowest BCUT2D eigenvalue weighted by Crippen LogP contribution is -2.20. The molecule has 0 bridgehead atoms. The minimum atomic E-state index is 0.0902. The second-order valence-corrected chi connectivity index (χ2v) is 6.35. The Bertz CT molecular complexity index is 243. The fourth-order valence-electron chi connectivity index (χ4n) is 1.08. The molecule has 0 rings (SSSR count). The van der Waals surface area contributed by atoms with Gasteiger partial charge in [-0.25, -0.2) is 0 Å². The highest BCUT2D eigenvalue weighted by molar-refractivity contribution is 8.00. The van der Waals surface area contributed by atoms with E-state index in [-0.39, 0.29) is 11.8 Å². The van der Waals surface area contributed by atoms with Crippen LogP contribution in [0.3, 0.4) is 0 Å². The van der Waals surface area contributed by atoms with Gasteiger partial charge in [0, 0.05) is 41.5 Å². The molecule has 0 atom stereocenters. The van der Waals surface area contributed by atoms with Gasteiger partial charge in [0.1, 0.15) is 0 Å². The molecule has 0 fully saturated rings. The Morgan fingerprint density at radius 1 is 0.818 bits per heavy atom. The molecule has 2 amide bonds. The van der Waals surface area contributed by atoms with Gasteiger partial charge in [-0.2, -0.15) is 23.5 Å². The normalized spacial score (nSPS) is 9.64. The summed E-state index contributed by atoms with van der Waals surface area (Å²) in [5.41, 5.74) is 0. The maximum absolute atomic E-state index is 10.7. The highest BCUT2D eigenvalue weighted by Crippen LogP contribution is 2.01. The van der Waals surface area contributed by atoms with E-state index in [4.69, 9.17) is 9.47 Å². The standard InChI is InChI=1S/2C7H15NO2S/c2*1-8-7(9)6-11-5-3-4-10-2/h2*3-6H2,1-2H3,(H,8,9). The highest BCUT2D eigenvalue weighted by atomic mass is 32.2. The fourth-order valence-corrected chi connectivity index (χ4v) is 2.68. The van der Waals surface area contributed by atoms with Gasteiger partial charge in [0.25, 0.3) is 0 Å². The van der Waals surface area contributed by atoms with Gasteiger partial charge in [-0.1, -0.05) is 0 Å². The molecule has 0 aromatic carbocycles. The van der Waals surface area contributed by atoms with Crippen LogP contribution in [0.15, 0.2) is 0 Å². The van der Waals surface area contributed by atoms with E-state index < -0.39 is 0 Å². The van der Waals surface area contributed by atoms with Crippen molar-refractivity contribution < 1.29 is 19.1 Å². The van der Waals surface area contributed by atoms with Crippen LogP contribution in [-0.2, 0) is 19.1 Å². The summed E-state index contributed by atoms with van der Waals surface area (Å²) in [5, 5.41) is 5.13. The van der Waals surface area contributed by atoms with Gasteiger partial charge in [-0.05, 0) is 24.3 Å². The van der Waals surface area contributed by atoms with E-state index >= 15 is 0 Å². The quantitative estimate of drug-likeness (QED) is 0.509. The maximum Gasteiger partial charge on any atom is 0.229 e.